The highest BCUT2D eigenvalue weighted by molar-refractivity contribution is 7.98. The Bertz CT molecular complexity index is 1480. The van der Waals surface area contributed by atoms with Crippen LogP contribution in [0.1, 0.15) is 24.0 Å². The number of nitrogens with zero attached hydrogens (tertiary/aromatic N) is 4. The fourth-order valence-corrected chi connectivity index (χ4v) is 5.78. The number of hydrogen-bond donors (Lipinski definition) is 0. The lowest BCUT2D eigenvalue weighted by atomic mass is 10.0. The second kappa shape index (κ2) is 8.69. The summed E-state index contributed by atoms with van der Waals surface area (Å²) in [6, 6.07) is 16.4. The van der Waals surface area contributed by atoms with Gasteiger partial charge < -0.3 is 0 Å². The zero-order valence-electron chi connectivity index (χ0n) is 17.0. The van der Waals surface area contributed by atoms with Gasteiger partial charge in [-0.2, -0.15) is 0 Å². The molecule has 0 radical (unpaired) electrons. The number of thiophene rings is 1. The van der Waals surface area contributed by atoms with Crippen LogP contribution in [0.15, 0.2) is 69.9 Å². The average molecular weight is 485 g/mol. The van der Waals surface area contributed by atoms with Crippen LogP contribution in [-0.4, -0.2) is 19.2 Å². The van der Waals surface area contributed by atoms with Gasteiger partial charge in [-0.05, 0) is 40.6 Å². The van der Waals surface area contributed by atoms with Gasteiger partial charge in [-0.3, -0.25) is 13.8 Å². The molecule has 162 valence electrons. The summed E-state index contributed by atoms with van der Waals surface area (Å²) in [6.45, 7) is 2.59. The van der Waals surface area contributed by atoms with Crippen molar-refractivity contribution in [3.63, 3.8) is 0 Å². The van der Waals surface area contributed by atoms with Crippen LogP contribution in [-0.2, 0) is 12.3 Å². The van der Waals surface area contributed by atoms with Crippen molar-refractivity contribution in [1.29, 1.82) is 0 Å². The molecule has 3 heterocycles. The standard InChI is InChI=1S/C23H18ClFN4OS2/c1-14(15-5-3-2-4-6-15)12-28-21(30)20-19(9-10-31-20)29-22(28)26-27-23(29)32-13-16-7-8-17(25)11-18(16)24/h2-11,14H,12-13H2,1H3/t14-/m1/s1. The van der Waals surface area contributed by atoms with Gasteiger partial charge in [0.05, 0.1) is 5.52 Å². The highest BCUT2D eigenvalue weighted by Crippen LogP contribution is 2.29. The van der Waals surface area contributed by atoms with E-state index in [0.29, 0.717) is 33.0 Å². The second-order valence-corrected chi connectivity index (χ2v) is 9.77. The van der Waals surface area contributed by atoms with Gasteiger partial charge in [-0.1, -0.05) is 66.7 Å². The van der Waals surface area contributed by atoms with Crippen LogP contribution in [0.4, 0.5) is 4.39 Å². The first-order valence-electron chi connectivity index (χ1n) is 9.99. The largest absolute Gasteiger partial charge is 0.275 e. The van der Waals surface area contributed by atoms with Crippen molar-refractivity contribution in [3.05, 3.63) is 92.3 Å². The summed E-state index contributed by atoms with van der Waals surface area (Å²) in [6.07, 6.45) is 0. The summed E-state index contributed by atoms with van der Waals surface area (Å²) in [5.41, 5.74) is 2.69. The van der Waals surface area contributed by atoms with Crippen molar-refractivity contribution in [1.82, 2.24) is 19.2 Å². The zero-order chi connectivity index (χ0) is 22.2. The number of fused-ring (bicyclic) bond motifs is 3. The first-order chi connectivity index (χ1) is 15.5. The molecule has 0 unspecified atom stereocenters. The lowest BCUT2D eigenvalue weighted by Crippen LogP contribution is -2.24. The molecule has 5 nitrogen and oxygen atoms in total. The Morgan fingerprint density at radius 2 is 1.97 bits per heavy atom. The summed E-state index contributed by atoms with van der Waals surface area (Å²) in [5, 5.41) is 11.7. The molecule has 0 N–H and O–H groups in total. The summed E-state index contributed by atoms with van der Waals surface area (Å²) >= 11 is 9.05. The van der Waals surface area contributed by atoms with Gasteiger partial charge in [0, 0.05) is 17.3 Å². The van der Waals surface area contributed by atoms with E-state index >= 15 is 0 Å². The molecule has 5 aromatic rings. The van der Waals surface area contributed by atoms with Crippen LogP contribution >= 0.6 is 34.7 Å². The molecular formula is C23H18ClFN4OS2. The summed E-state index contributed by atoms with van der Waals surface area (Å²) < 4.78 is 17.7. The average Bonchev–Trinajstić information content (AvgIpc) is 3.44. The van der Waals surface area contributed by atoms with Crippen LogP contribution < -0.4 is 5.56 Å². The van der Waals surface area contributed by atoms with Crippen LogP contribution in [0.25, 0.3) is 16.0 Å². The summed E-state index contributed by atoms with van der Waals surface area (Å²) in [7, 11) is 0. The van der Waals surface area contributed by atoms with Crippen molar-refractivity contribution in [2.45, 2.75) is 30.3 Å². The van der Waals surface area contributed by atoms with E-state index in [1.54, 1.807) is 10.6 Å². The van der Waals surface area contributed by atoms with E-state index in [-0.39, 0.29) is 17.3 Å². The van der Waals surface area contributed by atoms with E-state index in [9.17, 15) is 9.18 Å². The molecule has 5 rings (SSSR count). The Morgan fingerprint density at radius 1 is 1.16 bits per heavy atom. The highest BCUT2D eigenvalue weighted by atomic mass is 35.5. The highest BCUT2D eigenvalue weighted by Gasteiger charge is 2.20. The zero-order valence-corrected chi connectivity index (χ0v) is 19.4. The van der Waals surface area contributed by atoms with Gasteiger partial charge in [-0.25, -0.2) is 4.39 Å². The maximum Gasteiger partial charge on any atom is 0.272 e. The quantitative estimate of drug-likeness (QED) is 0.277. The van der Waals surface area contributed by atoms with Crippen LogP contribution in [0, 0.1) is 5.82 Å². The molecule has 0 aliphatic rings. The van der Waals surface area contributed by atoms with E-state index in [2.05, 4.69) is 29.3 Å². The molecule has 0 bridgehead atoms. The molecule has 0 aliphatic carbocycles. The predicted octanol–water partition coefficient (Wildman–Crippen LogP) is 5.99. The fraction of sp³-hybridized carbons (Fsp3) is 0.174. The molecule has 3 aromatic heterocycles. The van der Waals surface area contributed by atoms with Crippen molar-refractivity contribution in [2.75, 3.05) is 0 Å². The normalized spacial score (nSPS) is 12.6. The first-order valence-corrected chi connectivity index (χ1v) is 12.2. The van der Waals surface area contributed by atoms with E-state index in [1.165, 1.54) is 35.2 Å². The first kappa shape index (κ1) is 21.2. The minimum atomic E-state index is -0.367. The van der Waals surface area contributed by atoms with Crippen molar-refractivity contribution in [3.8, 4) is 0 Å². The number of aromatic nitrogens is 4. The summed E-state index contributed by atoms with van der Waals surface area (Å²) in [4.78, 5) is 13.3. The lowest BCUT2D eigenvalue weighted by Gasteiger charge is -2.15. The van der Waals surface area contributed by atoms with Gasteiger partial charge >= 0.3 is 0 Å². The van der Waals surface area contributed by atoms with Gasteiger partial charge in [0.1, 0.15) is 10.5 Å². The lowest BCUT2D eigenvalue weighted by molar-refractivity contribution is 0.588. The molecule has 0 amide bonds. The minimum absolute atomic E-state index is 0.0594. The number of rotatable bonds is 6. The third-order valence-electron chi connectivity index (χ3n) is 5.38. The topological polar surface area (TPSA) is 52.2 Å². The van der Waals surface area contributed by atoms with Crippen molar-refractivity contribution in [2.24, 2.45) is 0 Å². The smallest absolute Gasteiger partial charge is 0.272 e. The maximum atomic E-state index is 13.4. The number of hydrogen-bond acceptors (Lipinski definition) is 5. The molecule has 0 spiro atoms. The summed E-state index contributed by atoms with van der Waals surface area (Å²) in [5.74, 6) is 0.774. The Hall–Kier alpha value is -2.68. The molecule has 2 aromatic carbocycles. The predicted molar refractivity (Wildman–Crippen MR) is 128 cm³/mol. The molecule has 9 heteroatoms. The van der Waals surface area contributed by atoms with E-state index < -0.39 is 0 Å². The van der Waals surface area contributed by atoms with Gasteiger partial charge in [0.15, 0.2) is 5.16 Å². The van der Waals surface area contributed by atoms with E-state index in [1.807, 2.05) is 34.0 Å². The minimum Gasteiger partial charge on any atom is -0.275 e. The SMILES string of the molecule is C[C@H](Cn1c(=O)c2sccc2n2c(SCc3ccc(F)cc3Cl)nnc12)c1ccccc1. The third kappa shape index (κ3) is 3.83. The van der Waals surface area contributed by atoms with Crippen molar-refractivity contribution < 1.29 is 4.39 Å². The number of benzene rings is 2. The monoisotopic (exact) mass is 484 g/mol. The molecule has 0 saturated heterocycles. The third-order valence-corrected chi connectivity index (χ3v) is 7.60. The van der Waals surface area contributed by atoms with Crippen LogP contribution in [0.3, 0.4) is 0 Å². The molecule has 0 aliphatic heterocycles. The molecule has 0 saturated carbocycles. The Morgan fingerprint density at radius 3 is 2.75 bits per heavy atom. The Labute approximate surface area is 196 Å². The number of halogens is 2. The Kier molecular flexibility index (Phi) is 5.75. The van der Waals surface area contributed by atoms with E-state index in [4.69, 9.17) is 11.6 Å². The fourth-order valence-electron chi connectivity index (χ4n) is 3.70. The Balaban J connectivity index is 1.56. The second-order valence-electron chi connectivity index (χ2n) is 7.50. The molecular weight excluding hydrogens is 467 g/mol. The number of thioether (sulfide) groups is 1. The van der Waals surface area contributed by atoms with Gasteiger partial charge in [-0.15, -0.1) is 21.5 Å². The van der Waals surface area contributed by atoms with Crippen molar-refractivity contribution >= 4 is 50.7 Å². The van der Waals surface area contributed by atoms with Crippen LogP contribution in [0.2, 0.25) is 5.02 Å². The van der Waals surface area contributed by atoms with Gasteiger partial charge in [0.25, 0.3) is 5.56 Å². The molecule has 32 heavy (non-hydrogen) atoms. The molecule has 0 fully saturated rings. The van der Waals surface area contributed by atoms with Gasteiger partial charge in [0.2, 0.25) is 5.78 Å². The molecule has 1 atom stereocenters. The van der Waals surface area contributed by atoms with E-state index in [0.717, 1.165) is 16.6 Å². The van der Waals surface area contributed by atoms with Crippen LogP contribution in [0.5, 0.6) is 0 Å². The maximum absolute atomic E-state index is 13.4.